The molecule has 1 aliphatic heterocycles. The number of sulfonamides is 1. The van der Waals surface area contributed by atoms with E-state index < -0.39 is 15.6 Å². The third-order valence-electron chi connectivity index (χ3n) is 3.54. The fraction of sp³-hybridized carbons (Fsp3) is 0.286. The van der Waals surface area contributed by atoms with Gasteiger partial charge in [0, 0.05) is 19.2 Å². The molecular weight excluding hydrogens is 322 g/mol. The Bertz CT molecular complexity index is 849. The molecule has 1 saturated heterocycles. The molecule has 22 heavy (non-hydrogen) atoms. The summed E-state index contributed by atoms with van der Waals surface area (Å²) in [7, 11) is -3.85. The predicted molar refractivity (Wildman–Crippen MR) is 83.7 cm³/mol. The van der Waals surface area contributed by atoms with Crippen LogP contribution in [0.1, 0.15) is 12.8 Å². The molecule has 1 fully saturated rings. The Hall–Kier alpha value is -1.95. The number of rotatable bonds is 4. The summed E-state index contributed by atoms with van der Waals surface area (Å²) in [5.41, 5.74) is -0.660. The van der Waals surface area contributed by atoms with E-state index in [0.29, 0.717) is 18.5 Å². The van der Waals surface area contributed by atoms with E-state index in [9.17, 15) is 13.2 Å². The van der Waals surface area contributed by atoms with Crippen molar-refractivity contribution in [3.8, 4) is 12.3 Å². The molecule has 0 aromatic carbocycles. The summed E-state index contributed by atoms with van der Waals surface area (Å²) in [6.45, 7) is 0.400. The number of fused-ring (bicyclic) bond motifs is 1. The molecule has 114 valence electrons. The zero-order valence-electron chi connectivity index (χ0n) is 11.5. The Morgan fingerprint density at radius 1 is 1.55 bits per heavy atom. The van der Waals surface area contributed by atoms with E-state index in [4.69, 9.17) is 6.42 Å². The summed E-state index contributed by atoms with van der Waals surface area (Å²) in [6, 6.07) is 5.04. The SMILES string of the molecule is C#CC[C@]1(NS(=O)(=O)c2cc3ncccc3s2)CCNC1=O. The largest absolute Gasteiger partial charge is 0.354 e. The smallest absolute Gasteiger partial charge is 0.251 e. The molecule has 0 aliphatic carbocycles. The molecule has 1 amide bonds. The molecular formula is C14H13N3O3S2. The van der Waals surface area contributed by atoms with Crippen molar-refractivity contribution in [2.75, 3.05) is 6.54 Å². The number of carbonyl (C=O) groups is 1. The van der Waals surface area contributed by atoms with Crippen LogP contribution in [0, 0.1) is 12.3 Å². The van der Waals surface area contributed by atoms with E-state index in [-0.39, 0.29) is 16.5 Å². The molecule has 1 atom stereocenters. The summed E-state index contributed by atoms with van der Waals surface area (Å²) in [5.74, 6) is 2.00. The van der Waals surface area contributed by atoms with Gasteiger partial charge in [0.2, 0.25) is 5.91 Å². The number of hydrogen-bond donors (Lipinski definition) is 2. The zero-order valence-corrected chi connectivity index (χ0v) is 13.1. The van der Waals surface area contributed by atoms with Crippen LogP contribution in [0.5, 0.6) is 0 Å². The molecule has 3 heterocycles. The number of aromatic nitrogens is 1. The van der Waals surface area contributed by atoms with Gasteiger partial charge in [0.05, 0.1) is 10.2 Å². The molecule has 0 radical (unpaired) electrons. The normalized spacial score (nSPS) is 21.7. The summed E-state index contributed by atoms with van der Waals surface area (Å²) in [4.78, 5) is 16.1. The van der Waals surface area contributed by atoms with Gasteiger partial charge in [-0.3, -0.25) is 9.78 Å². The van der Waals surface area contributed by atoms with Crippen molar-refractivity contribution in [3.05, 3.63) is 24.4 Å². The highest BCUT2D eigenvalue weighted by Gasteiger charge is 2.45. The lowest BCUT2D eigenvalue weighted by atomic mass is 9.95. The standard InChI is InChI=1S/C14H13N3O3S2/c1-2-5-14(6-8-16-13(14)18)17-22(19,20)12-9-10-11(21-12)4-3-7-15-10/h1,3-4,7,9,17H,5-6,8H2,(H,16,18)/t14-/m0/s1. The van der Waals surface area contributed by atoms with Crippen molar-refractivity contribution in [1.29, 1.82) is 0 Å². The van der Waals surface area contributed by atoms with Gasteiger partial charge in [-0.05, 0) is 24.6 Å². The van der Waals surface area contributed by atoms with Gasteiger partial charge in [-0.15, -0.1) is 23.7 Å². The monoisotopic (exact) mass is 335 g/mol. The lowest BCUT2D eigenvalue weighted by Gasteiger charge is -2.24. The third-order valence-corrected chi connectivity index (χ3v) is 6.63. The quantitative estimate of drug-likeness (QED) is 0.811. The number of thiophene rings is 1. The highest BCUT2D eigenvalue weighted by Crippen LogP contribution is 2.30. The lowest BCUT2D eigenvalue weighted by Crippen LogP contribution is -2.53. The van der Waals surface area contributed by atoms with Crippen LogP contribution in [-0.4, -0.2) is 31.4 Å². The molecule has 0 bridgehead atoms. The van der Waals surface area contributed by atoms with Crippen molar-refractivity contribution in [1.82, 2.24) is 15.0 Å². The van der Waals surface area contributed by atoms with Gasteiger partial charge in [0.1, 0.15) is 9.75 Å². The van der Waals surface area contributed by atoms with Gasteiger partial charge in [-0.1, -0.05) is 0 Å². The van der Waals surface area contributed by atoms with Crippen LogP contribution in [0.15, 0.2) is 28.6 Å². The fourth-order valence-corrected chi connectivity index (χ4v) is 5.17. The Balaban J connectivity index is 1.99. The number of terminal acetylenes is 1. The maximum absolute atomic E-state index is 12.6. The van der Waals surface area contributed by atoms with E-state index in [0.717, 1.165) is 16.0 Å². The van der Waals surface area contributed by atoms with E-state index in [1.807, 2.05) is 0 Å². The highest BCUT2D eigenvalue weighted by atomic mass is 32.2. The first-order valence-electron chi connectivity index (χ1n) is 6.57. The number of carbonyl (C=O) groups excluding carboxylic acids is 1. The maximum atomic E-state index is 12.6. The molecule has 1 aliphatic rings. The molecule has 0 unspecified atom stereocenters. The first-order chi connectivity index (χ1) is 10.5. The van der Waals surface area contributed by atoms with E-state index >= 15 is 0 Å². The van der Waals surface area contributed by atoms with E-state index in [2.05, 4.69) is 20.9 Å². The molecule has 2 N–H and O–H groups in total. The number of nitrogens with one attached hydrogen (secondary N) is 2. The molecule has 6 nitrogen and oxygen atoms in total. The maximum Gasteiger partial charge on any atom is 0.251 e. The number of amides is 1. The Labute approximate surface area is 132 Å². The third kappa shape index (κ3) is 2.47. The van der Waals surface area contributed by atoms with Crippen LogP contribution in [0.25, 0.3) is 10.2 Å². The lowest BCUT2D eigenvalue weighted by molar-refractivity contribution is -0.123. The van der Waals surface area contributed by atoms with Crippen LogP contribution in [0.2, 0.25) is 0 Å². The summed E-state index contributed by atoms with van der Waals surface area (Å²) < 4.78 is 28.6. The van der Waals surface area contributed by atoms with Crippen molar-refractivity contribution in [3.63, 3.8) is 0 Å². The second-order valence-corrected chi connectivity index (χ2v) is 8.02. The summed E-state index contributed by atoms with van der Waals surface area (Å²) >= 11 is 1.11. The summed E-state index contributed by atoms with van der Waals surface area (Å²) in [5, 5.41) is 2.63. The number of pyridine rings is 1. The molecule has 0 spiro atoms. The van der Waals surface area contributed by atoms with E-state index in [1.54, 1.807) is 18.3 Å². The molecule has 0 saturated carbocycles. The van der Waals surface area contributed by atoms with Crippen LogP contribution in [0.4, 0.5) is 0 Å². The minimum atomic E-state index is -3.85. The van der Waals surface area contributed by atoms with Crippen LogP contribution < -0.4 is 10.0 Å². The second kappa shape index (κ2) is 5.35. The number of hydrogen-bond acceptors (Lipinski definition) is 5. The highest BCUT2D eigenvalue weighted by molar-refractivity contribution is 7.91. The van der Waals surface area contributed by atoms with Gasteiger partial charge in [-0.25, -0.2) is 8.42 Å². The molecule has 8 heteroatoms. The van der Waals surface area contributed by atoms with Crippen LogP contribution in [-0.2, 0) is 14.8 Å². The van der Waals surface area contributed by atoms with E-state index in [1.165, 1.54) is 6.07 Å². The fourth-order valence-electron chi connectivity index (χ4n) is 2.44. The Morgan fingerprint density at radius 2 is 2.36 bits per heavy atom. The first kappa shape index (κ1) is 15.0. The molecule has 3 rings (SSSR count). The van der Waals surface area contributed by atoms with Gasteiger partial charge >= 0.3 is 0 Å². The van der Waals surface area contributed by atoms with Crippen LogP contribution >= 0.6 is 11.3 Å². The average Bonchev–Trinajstić information content (AvgIpc) is 3.04. The molecule has 2 aromatic rings. The van der Waals surface area contributed by atoms with Gasteiger partial charge in [-0.2, -0.15) is 4.72 Å². The van der Waals surface area contributed by atoms with Crippen molar-refractivity contribution >= 4 is 37.5 Å². The van der Waals surface area contributed by atoms with Gasteiger partial charge in [0.15, 0.2) is 0 Å². The van der Waals surface area contributed by atoms with Crippen molar-refractivity contribution in [2.45, 2.75) is 22.6 Å². The van der Waals surface area contributed by atoms with Gasteiger partial charge < -0.3 is 5.32 Å². The minimum absolute atomic E-state index is 0.0151. The Kier molecular flexibility index (Phi) is 3.64. The predicted octanol–water partition coefficient (Wildman–Crippen LogP) is 0.857. The topological polar surface area (TPSA) is 88.2 Å². The van der Waals surface area contributed by atoms with Crippen LogP contribution in [0.3, 0.4) is 0 Å². The number of nitrogens with zero attached hydrogens (tertiary/aromatic N) is 1. The van der Waals surface area contributed by atoms with Gasteiger partial charge in [0.25, 0.3) is 10.0 Å². The average molecular weight is 335 g/mol. The minimum Gasteiger partial charge on any atom is -0.354 e. The van der Waals surface area contributed by atoms with Crippen molar-refractivity contribution < 1.29 is 13.2 Å². The zero-order chi connectivity index (χ0) is 15.8. The molecule has 2 aromatic heterocycles. The second-order valence-electron chi connectivity index (χ2n) is 5.03. The Morgan fingerprint density at radius 3 is 3.00 bits per heavy atom. The van der Waals surface area contributed by atoms with Crippen molar-refractivity contribution in [2.24, 2.45) is 0 Å². The first-order valence-corrected chi connectivity index (χ1v) is 8.87. The summed E-state index contributed by atoms with van der Waals surface area (Å²) in [6.07, 6.45) is 7.25.